The van der Waals surface area contributed by atoms with Crippen molar-refractivity contribution in [1.29, 1.82) is 0 Å². The van der Waals surface area contributed by atoms with E-state index < -0.39 is 29.9 Å². The number of amides is 1. The summed E-state index contributed by atoms with van der Waals surface area (Å²) in [6.07, 6.45) is -3.88. The van der Waals surface area contributed by atoms with Gasteiger partial charge in [0.2, 0.25) is 5.91 Å². The molecule has 1 aliphatic heterocycles. The number of rotatable bonds is 3. The van der Waals surface area contributed by atoms with Crippen LogP contribution in [0.25, 0.3) is 0 Å². The Labute approximate surface area is 133 Å². The molecule has 1 N–H and O–H groups in total. The van der Waals surface area contributed by atoms with Crippen LogP contribution in [0.2, 0.25) is 0 Å². The third-order valence-corrected chi connectivity index (χ3v) is 4.09. The van der Waals surface area contributed by atoms with Crippen molar-refractivity contribution in [1.82, 2.24) is 5.32 Å². The largest absolute Gasteiger partial charge is 0.412 e. The van der Waals surface area contributed by atoms with Crippen LogP contribution < -0.4 is 5.32 Å². The highest BCUT2D eigenvalue weighted by Gasteiger charge is 2.43. The van der Waals surface area contributed by atoms with Gasteiger partial charge in [0.05, 0.1) is 4.47 Å². The Morgan fingerprint density at radius 2 is 1.95 bits per heavy atom. The molecule has 0 spiro atoms. The molecule has 1 atom stereocenters. The van der Waals surface area contributed by atoms with Gasteiger partial charge in [-0.2, -0.15) is 13.2 Å². The Morgan fingerprint density at radius 1 is 1.32 bits per heavy atom. The Kier molecular flexibility index (Phi) is 5.44. The molecule has 1 unspecified atom stereocenters. The molecule has 1 aromatic carbocycles. The van der Waals surface area contributed by atoms with E-state index in [1.165, 1.54) is 0 Å². The summed E-state index contributed by atoms with van der Waals surface area (Å²) in [6.45, 7) is 0.716. The lowest BCUT2D eigenvalue weighted by atomic mass is 9.98. The lowest BCUT2D eigenvalue weighted by Gasteiger charge is -2.26. The standard InChI is InChI=1S/C14H14BrF4NO2/c15-10-7-9(1-2-11(10)16)12(14(17,18)19)20-13(21)8-3-5-22-6-4-8/h1-2,7-8,12H,3-6H2,(H,20,21). The molecule has 1 saturated heterocycles. The van der Waals surface area contributed by atoms with Crippen LogP contribution in [0.15, 0.2) is 22.7 Å². The zero-order valence-corrected chi connectivity index (χ0v) is 13.0. The van der Waals surface area contributed by atoms with E-state index in [1.807, 2.05) is 5.32 Å². The first-order valence-corrected chi connectivity index (χ1v) is 7.48. The van der Waals surface area contributed by atoms with E-state index in [1.54, 1.807) is 0 Å². The van der Waals surface area contributed by atoms with Gasteiger partial charge in [0.1, 0.15) is 5.82 Å². The van der Waals surface area contributed by atoms with Crippen molar-refractivity contribution in [2.24, 2.45) is 5.92 Å². The zero-order valence-electron chi connectivity index (χ0n) is 11.4. The lowest BCUT2D eigenvalue weighted by Crippen LogP contribution is -2.42. The minimum Gasteiger partial charge on any atom is -0.381 e. The van der Waals surface area contributed by atoms with Gasteiger partial charge >= 0.3 is 6.18 Å². The van der Waals surface area contributed by atoms with Gasteiger partial charge in [-0.25, -0.2) is 4.39 Å². The first-order valence-electron chi connectivity index (χ1n) is 6.69. The van der Waals surface area contributed by atoms with E-state index in [9.17, 15) is 22.4 Å². The Morgan fingerprint density at radius 3 is 2.50 bits per heavy atom. The van der Waals surface area contributed by atoms with E-state index in [0.717, 1.165) is 18.2 Å². The smallest absolute Gasteiger partial charge is 0.381 e. The number of hydrogen-bond donors (Lipinski definition) is 1. The van der Waals surface area contributed by atoms with Crippen molar-refractivity contribution >= 4 is 21.8 Å². The molecule has 122 valence electrons. The van der Waals surface area contributed by atoms with Gasteiger partial charge < -0.3 is 10.1 Å². The van der Waals surface area contributed by atoms with Gasteiger partial charge in [-0.05, 0) is 46.5 Å². The number of ether oxygens (including phenoxy) is 1. The Balaban J connectivity index is 2.19. The number of hydrogen-bond acceptors (Lipinski definition) is 2. The zero-order chi connectivity index (χ0) is 16.3. The topological polar surface area (TPSA) is 38.3 Å². The van der Waals surface area contributed by atoms with Crippen LogP contribution in [0.3, 0.4) is 0 Å². The first kappa shape index (κ1) is 17.2. The second-order valence-electron chi connectivity index (χ2n) is 5.04. The highest BCUT2D eigenvalue weighted by atomic mass is 79.9. The van der Waals surface area contributed by atoms with Crippen LogP contribution in [0, 0.1) is 11.7 Å². The summed E-state index contributed by atoms with van der Waals surface area (Å²) >= 11 is 2.85. The quantitative estimate of drug-likeness (QED) is 0.807. The molecule has 0 aromatic heterocycles. The maximum absolute atomic E-state index is 13.2. The van der Waals surface area contributed by atoms with Gasteiger partial charge in [-0.3, -0.25) is 4.79 Å². The summed E-state index contributed by atoms with van der Waals surface area (Å²) in [7, 11) is 0. The van der Waals surface area contributed by atoms with Crippen molar-refractivity contribution in [3.8, 4) is 0 Å². The highest BCUT2D eigenvalue weighted by Crippen LogP contribution is 2.34. The fourth-order valence-corrected chi connectivity index (χ4v) is 2.66. The fraction of sp³-hybridized carbons (Fsp3) is 0.500. The Bertz CT molecular complexity index is 544. The normalized spacial score (nSPS) is 18.0. The molecule has 1 amide bonds. The molecule has 1 aromatic rings. The van der Waals surface area contributed by atoms with Crippen molar-refractivity contribution in [2.75, 3.05) is 13.2 Å². The average molecular weight is 384 g/mol. The number of benzene rings is 1. The van der Waals surface area contributed by atoms with Crippen molar-refractivity contribution in [3.05, 3.63) is 34.1 Å². The summed E-state index contributed by atoms with van der Waals surface area (Å²) in [5, 5.41) is 2.03. The number of alkyl halides is 3. The average Bonchev–Trinajstić information content (AvgIpc) is 2.47. The maximum Gasteiger partial charge on any atom is 0.412 e. The first-order chi connectivity index (χ1) is 10.3. The summed E-state index contributed by atoms with van der Waals surface area (Å²) in [4.78, 5) is 12.0. The van der Waals surface area contributed by atoms with Gasteiger partial charge in [0.15, 0.2) is 6.04 Å². The van der Waals surface area contributed by atoms with Crippen LogP contribution in [0.1, 0.15) is 24.4 Å². The molecule has 1 fully saturated rings. The minimum atomic E-state index is -4.67. The lowest BCUT2D eigenvalue weighted by molar-refractivity contribution is -0.165. The predicted molar refractivity (Wildman–Crippen MR) is 74.6 cm³/mol. The molecular formula is C14H14BrF4NO2. The van der Waals surface area contributed by atoms with E-state index in [0.29, 0.717) is 26.1 Å². The number of halogens is 5. The van der Waals surface area contributed by atoms with Crippen LogP contribution in [0.5, 0.6) is 0 Å². The van der Waals surface area contributed by atoms with Crippen molar-refractivity contribution in [3.63, 3.8) is 0 Å². The molecule has 1 heterocycles. The van der Waals surface area contributed by atoms with Gasteiger partial charge in [0, 0.05) is 19.1 Å². The molecule has 0 aliphatic carbocycles. The molecule has 0 radical (unpaired) electrons. The summed E-state index contributed by atoms with van der Waals surface area (Å²) in [6, 6.07) is 0.804. The summed E-state index contributed by atoms with van der Waals surface area (Å²) < 4.78 is 57.8. The predicted octanol–water partition coefficient (Wildman–Crippen LogP) is 3.73. The van der Waals surface area contributed by atoms with Crippen LogP contribution >= 0.6 is 15.9 Å². The second kappa shape index (κ2) is 6.95. The SMILES string of the molecule is O=C(NC(c1ccc(F)c(Br)c1)C(F)(F)F)C1CCOCC1. The van der Waals surface area contributed by atoms with Gasteiger partial charge in [-0.15, -0.1) is 0 Å². The molecule has 3 nitrogen and oxygen atoms in total. The van der Waals surface area contributed by atoms with E-state index >= 15 is 0 Å². The van der Waals surface area contributed by atoms with E-state index in [4.69, 9.17) is 4.74 Å². The third kappa shape index (κ3) is 4.19. The molecular weight excluding hydrogens is 370 g/mol. The van der Waals surface area contributed by atoms with Gasteiger partial charge in [0.25, 0.3) is 0 Å². The van der Waals surface area contributed by atoms with E-state index in [2.05, 4.69) is 15.9 Å². The fourth-order valence-electron chi connectivity index (χ4n) is 2.27. The molecule has 0 saturated carbocycles. The van der Waals surface area contributed by atoms with Gasteiger partial charge in [-0.1, -0.05) is 6.07 Å². The Hall–Kier alpha value is -1.15. The van der Waals surface area contributed by atoms with Crippen LogP contribution in [-0.4, -0.2) is 25.3 Å². The van der Waals surface area contributed by atoms with Crippen LogP contribution in [0.4, 0.5) is 17.6 Å². The monoisotopic (exact) mass is 383 g/mol. The second-order valence-corrected chi connectivity index (χ2v) is 5.90. The molecule has 22 heavy (non-hydrogen) atoms. The number of carbonyl (C=O) groups excluding carboxylic acids is 1. The number of nitrogens with one attached hydrogen (secondary N) is 1. The molecule has 1 aliphatic rings. The maximum atomic E-state index is 13.2. The minimum absolute atomic E-state index is 0.0837. The highest BCUT2D eigenvalue weighted by molar-refractivity contribution is 9.10. The molecule has 0 bridgehead atoms. The third-order valence-electron chi connectivity index (χ3n) is 3.48. The number of carbonyl (C=O) groups is 1. The molecule has 2 rings (SSSR count). The van der Waals surface area contributed by atoms with Crippen molar-refractivity contribution in [2.45, 2.75) is 25.1 Å². The molecule has 8 heteroatoms. The van der Waals surface area contributed by atoms with Crippen LogP contribution in [-0.2, 0) is 9.53 Å². The van der Waals surface area contributed by atoms with Crippen molar-refractivity contribution < 1.29 is 27.1 Å². The van der Waals surface area contributed by atoms with E-state index in [-0.39, 0.29) is 10.0 Å². The summed E-state index contributed by atoms with van der Waals surface area (Å²) in [5.41, 5.74) is -0.221. The summed E-state index contributed by atoms with van der Waals surface area (Å²) in [5.74, 6) is -1.83.